The van der Waals surface area contributed by atoms with Gasteiger partial charge in [0.05, 0.1) is 6.10 Å². The third-order valence-electron chi connectivity index (χ3n) is 3.22. The Hall–Kier alpha value is -0.760. The lowest BCUT2D eigenvalue weighted by atomic mass is 9.85. The van der Waals surface area contributed by atoms with Crippen LogP contribution in [0.15, 0.2) is 23.4 Å². The summed E-state index contributed by atoms with van der Waals surface area (Å²) in [6.45, 7) is 3.34. The zero-order valence-electron chi connectivity index (χ0n) is 9.05. The summed E-state index contributed by atoms with van der Waals surface area (Å²) in [6.07, 6.45) is 8.33. The Bertz CT molecular complexity index is 267. The van der Waals surface area contributed by atoms with Crippen LogP contribution in [0, 0.1) is 5.92 Å². The highest BCUT2D eigenvalue weighted by Crippen LogP contribution is 2.31. The summed E-state index contributed by atoms with van der Waals surface area (Å²) in [5.41, 5.74) is 2.78. The van der Waals surface area contributed by atoms with Gasteiger partial charge in [-0.05, 0) is 30.8 Å². The average molecular weight is 193 g/mol. The molecule has 1 heterocycles. The normalized spacial score (nSPS) is 32.1. The minimum Gasteiger partial charge on any atom is -0.388 e. The van der Waals surface area contributed by atoms with Crippen LogP contribution in [0.25, 0.3) is 0 Å². The molecule has 2 heteroatoms. The lowest BCUT2D eigenvalue weighted by Crippen LogP contribution is -2.30. The third-order valence-corrected chi connectivity index (χ3v) is 3.22. The predicted octanol–water partition coefficient (Wildman–Crippen LogP) is 2.23. The molecular formula is C12H19NO. The second-order valence-corrected chi connectivity index (χ2v) is 4.22. The largest absolute Gasteiger partial charge is 0.388 e. The van der Waals surface area contributed by atoms with Crippen molar-refractivity contribution in [2.45, 2.75) is 32.3 Å². The molecule has 0 spiro atoms. The fourth-order valence-corrected chi connectivity index (χ4v) is 2.41. The van der Waals surface area contributed by atoms with Gasteiger partial charge in [0, 0.05) is 19.4 Å². The van der Waals surface area contributed by atoms with E-state index in [1.165, 1.54) is 24.1 Å². The molecule has 1 N–H and O–H groups in total. The summed E-state index contributed by atoms with van der Waals surface area (Å²) in [4.78, 5) is 0. The molecule has 2 nitrogen and oxygen atoms in total. The van der Waals surface area contributed by atoms with Gasteiger partial charge in [-0.1, -0.05) is 19.1 Å². The van der Waals surface area contributed by atoms with Gasteiger partial charge < -0.3 is 10.1 Å². The van der Waals surface area contributed by atoms with Crippen LogP contribution in [0.2, 0.25) is 0 Å². The van der Waals surface area contributed by atoms with E-state index in [4.69, 9.17) is 4.74 Å². The fraction of sp³-hybridized carbons (Fsp3) is 0.667. The van der Waals surface area contributed by atoms with Gasteiger partial charge in [0.1, 0.15) is 0 Å². The van der Waals surface area contributed by atoms with Crippen molar-refractivity contribution < 1.29 is 4.74 Å². The molecule has 1 aliphatic carbocycles. The zero-order chi connectivity index (χ0) is 9.97. The van der Waals surface area contributed by atoms with E-state index in [0.29, 0.717) is 12.0 Å². The van der Waals surface area contributed by atoms with Gasteiger partial charge in [0.2, 0.25) is 0 Å². The van der Waals surface area contributed by atoms with Crippen LogP contribution in [0.1, 0.15) is 26.2 Å². The zero-order valence-corrected chi connectivity index (χ0v) is 9.05. The van der Waals surface area contributed by atoms with E-state index < -0.39 is 0 Å². The molecule has 0 aromatic carbocycles. The van der Waals surface area contributed by atoms with E-state index >= 15 is 0 Å². The van der Waals surface area contributed by atoms with E-state index in [1.807, 2.05) is 7.11 Å². The molecule has 2 aliphatic rings. The van der Waals surface area contributed by atoms with Crippen LogP contribution >= 0.6 is 0 Å². The summed E-state index contributed by atoms with van der Waals surface area (Å²) in [5, 5.41) is 3.51. The van der Waals surface area contributed by atoms with Crippen molar-refractivity contribution in [1.29, 1.82) is 0 Å². The number of hydrogen-bond donors (Lipinski definition) is 1. The molecule has 0 aromatic heterocycles. The Labute approximate surface area is 86.0 Å². The van der Waals surface area contributed by atoms with Gasteiger partial charge in [-0.15, -0.1) is 0 Å². The highest BCUT2D eigenvalue weighted by Gasteiger charge is 2.27. The maximum Gasteiger partial charge on any atom is 0.0863 e. The topological polar surface area (TPSA) is 21.3 Å². The molecule has 0 fully saturated rings. The van der Waals surface area contributed by atoms with Crippen LogP contribution in [-0.2, 0) is 4.74 Å². The number of ether oxygens (including phenoxy) is 1. The second-order valence-electron chi connectivity index (χ2n) is 4.22. The minimum atomic E-state index is 0.292. The van der Waals surface area contributed by atoms with Gasteiger partial charge in [0.15, 0.2) is 0 Å². The molecule has 2 rings (SSSR count). The van der Waals surface area contributed by atoms with Crippen LogP contribution in [0.4, 0.5) is 0 Å². The van der Waals surface area contributed by atoms with Gasteiger partial charge in [-0.2, -0.15) is 0 Å². The van der Waals surface area contributed by atoms with Gasteiger partial charge >= 0.3 is 0 Å². The molecule has 0 bridgehead atoms. The number of rotatable bonds is 1. The van der Waals surface area contributed by atoms with Crippen molar-refractivity contribution in [1.82, 2.24) is 5.32 Å². The van der Waals surface area contributed by atoms with Crippen LogP contribution in [0.3, 0.4) is 0 Å². The van der Waals surface area contributed by atoms with Crippen LogP contribution in [0.5, 0.6) is 0 Å². The quantitative estimate of drug-likeness (QED) is 0.689. The molecule has 14 heavy (non-hydrogen) atoms. The maximum absolute atomic E-state index is 5.58. The number of nitrogens with one attached hydrogen (secondary N) is 1. The molecule has 0 amide bonds. The van der Waals surface area contributed by atoms with Crippen molar-refractivity contribution in [2.24, 2.45) is 5.92 Å². The van der Waals surface area contributed by atoms with Crippen molar-refractivity contribution in [3.8, 4) is 0 Å². The van der Waals surface area contributed by atoms with E-state index in [-0.39, 0.29) is 0 Å². The Morgan fingerprint density at radius 2 is 2.36 bits per heavy atom. The predicted molar refractivity (Wildman–Crippen MR) is 58.0 cm³/mol. The molecule has 0 saturated carbocycles. The van der Waals surface area contributed by atoms with Crippen LogP contribution in [-0.4, -0.2) is 19.8 Å². The van der Waals surface area contributed by atoms with Gasteiger partial charge in [0.25, 0.3) is 0 Å². The molecule has 78 valence electrons. The average Bonchev–Trinajstić information content (AvgIpc) is 2.42. The van der Waals surface area contributed by atoms with Crippen molar-refractivity contribution in [3.63, 3.8) is 0 Å². The van der Waals surface area contributed by atoms with E-state index in [1.54, 1.807) is 0 Å². The molecule has 0 unspecified atom stereocenters. The summed E-state index contributed by atoms with van der Waals surface area (Å²) < 4.78 is 5.58. The first-order valence-electron chi connectivity index (χ1n) is 5.49. The first-order chi connectivity index (χ1) is 6.83. The smallest absolute Gasteiger partial charge is 0.0863 e. The standard InChI is InChI=1S/C12H19NO/c1-9-6-7-11-10(12(9)14-2)5-3-4-8-13-11/h3,5,9,12-13H,4,6-8H2,1-2H3/t9-,12-/m1/s1. The Morgan fingerprint density at radius 1 is 1.50 bits per heavy atom. The number of methoxy groups -OCH3 is 1. The summed E-state index contributed by atoms with van der Waals surface area (Å²) in [7, 11) is 1.82. The maximum atomic E-state index is 5.58. The number of allylic oxidation sites excluding steroid dienone is 1. The van der Waals surface area contributed by atoms with E-state index in [9.17, 15) is 0 Å². The Balaban J connectivity index is 2.28. The highest BCUT2D eigenvalue weighted by atomic mass is 16.5. The lowest BCUT2D eigenvalue weighted by molar-refractivity contribution is 0.0789. The monoisotopic (exact) mass is 193 g/mol. The van der Waals surface area contributed by atoms with Crippen molar-refractivity contribution in [3.05, 3.63) is 23.4 Å². The van der Waals surface area contributed by atoms with Gasteiger partial charge in [-0.3, -0.25) is 0 Å². The molecule has 0 radical (unpaired) electrons. The Morgan fingerprint density at radius 3 is 3.14 bits per heavy atom. The first kappa shape index (κ1) is 9.78. The summed E-state index contributed by atoms with van der Waals surface area (Å²) >= 11 is 0. The SMILES string of the molecule is CO[C@H]1C2=C(CC[C@H]1C)NCCC=C2. The van der Waals surface area contributed by atoms with Crippen molar-refractivity contribution >= 4 is 0 Å². The Kier molecular flexibility index (Phi) is 2.92. The summed E-state index contributed by atoms with van der Waals surface area (Å²) in [6, 6.07) is 0. The molecular weight excluding hydrogens is 174 g/mol. The summed E-state index contributed by atoms with van der Waals surface area (Å²) in [5.74, 6) is 0.642. The first-order valence-corrected chi connectivity index (χ1v) is 5.49. The number of hydrogen-bond acceptors (Lipinski definition) is 2. The van der Waals surface area contributed by atoms with Crippen LogP contribution < -0.4 is 5.32 Å². The minimum absolute atomic E-state index is 0.292. The van der Waals surface area contributed by atoms with E-state index in [2.05, 4.69) is 24.4 Å². The van der Waals surface area contributed by atoms with Crippen molar-refractivity contribution in [2.75, 3.05) is 13.7 Å². The molecule has 2 atom stereocenters. The van der Waals surface area contributed by atoms with E-state index in [0.717, 1.165) is 13.0 Å². The molecule has 0 saturated heterocycles. The van der Waals surface area contributed by atoms with Gasteiger partial charge in [-0.25, -0.2) is 0 Å². The lowest BCUT2D eigenvalue weighted by Gasteiger charge is -2.31. The molecule has 1 aliphatic heterocycles. The fourth-order valence-electron chi connectivity index (χ4n) is 2.41. The molecule has 0 aromatic rings. The second kappa shape index (κ2) is 4.18. The third kappa shape index (κ3) is 1.71. The highest BCUT2D eigenvalue weighted by molar-refractivity contribution is 5.33.